The van der Waals surface area contributed by atoms with Crippen molar-refractivity contribution in [3.05, 3.63) is 63.6 Å². The van der Waals surface area contributed by atoms with E-state index in [4.69, 9.17) is 27.9 Å². The van der Waals surface area contributed by atoms with Crippen molar-refractivity contribution in [2.45, 2.75) is 25.5 Å². The third-order valence-corrected chi connectivity index (χ3v) is 7.93. The number of sulfonamides is 1. The number of carbonyl (C=O) groups excluding carboxylic acids is 1. The number of piperidine rings is 1. The van der Waals surface area contributed by atoms with Gasteiger partial charge in [-0.15, -0.1) is 0 Å². The number of halogens is 2. The molecule has 2 aromatic carbocycles. The molecular formula is C22H26Cl2N2O4S. The van der Waals surface area contributed by atoms with Crippen molar-refractivity contribution in [2.24, 2.45) is 5.92 Å². The van der Waals surface area contributed by atoms with Gasteiger partial charge in [-0.3, -0.25) is 4.79 Å². The Morgan fingerprint density at radius 3 is 2.52 bits per heavy atom. The Morgan fingerprint density at radius 1 is 1.13 bits per heavy atom. The van der Waals surface area contributed by atoms with Crippen LogP contribution in [0.4, 0.5) is 0 Å². The molecule has 1 aliphatic rings. The lowest BCUT2D eigenvalue weighted by atomic mass is 9.97. The first-order valence-electron chi connectivity index (χ1n) is 10.1. The van der Waals surface area contributed by atoms with Crippen molar-refractivity contribution < 1.29 is 17.9 Å². The van der Waals surface area contributed by atoms with E-state index in [1.165, 1.54) is 4.31 Å². The Bertz CT molecular complexity index is 1020. The topological polar surface area (TPSA) is 75.7 Å². The van der Waals surface area contributed by atoms with Crippen LogP contribution in [0.1, 0.15) is 24.0 Å². The zero-order valence-corrected chi connectivity index (χ0v) is 19.6. The summed E-state index contributed by atoms with van der Waals surface area (Å²) < 4.78 is 32.5. The Hall–Kier alpha value is -1.80. The average Bonchev–Trinajstić information content (AvgIpc) is 2.75. The van der Waals surface area contributed by atoms with E-state index in [-0.39, 0.29) is 17.6 Å². The van der Waals surface area contributed by atoms with Gasteiger partial charge < -0.3 is 10.1 Å². The van der Waals surface area contributed by atoms with Gasteiger partial charge in [-0.25, -0.2) is 12.7 Å². The summed E-state index contributed by atoms with van der Waals surface area (Å²) in [6.07, 6.45) is 0.976. The molecule has 168 valence electrons. The van der Waals surface area contributed by atoms with Crippen molar-refractivity contribution in [2.75, 3.05) is 26.2 Å². The van der Waals surface area contributed by atoms with Gasteiger partial charge in [-0.05, 0) is 49.1 Å². The van der Waals surface area contributed by atoms with E-state index in [1.807, 2.05) is 19.1 Å². The quantitative estimate of drug-likeness (QED) is 0.573. The molecule has 1 amide bonds. The van der Waals surface area contributed by atoms with E-state index in [0.29, 0.717) is 60.4 Å². The predicted molar refractivity (Wildman–Crippen MR) is 123 cm³/mol. The van der Waals surface area contributed by atoms with Crippen LogP contribution in [-0.4, -0.2) is 44.9 Å². The lowest BCUT2D eigenvalue weighted by molar-refractivity contribution is -0.126. The summed E-state index contributed by atoms with van der Waals surface area (Å²) in [5, 5.41) is 3.94. The SMILES string of the molecule is Cc1ccc(OCCNC(=O)C2CCN(S(=O)(=O)Cc3ccccc3Cl)CC2)cc1Cl. The summed E-state index contributed by atoms with van der Waals surface area (Å²) in [5.41, 5.74) is 1.56. The molecule has 0 unspecified atom stereocenters. The molecular weight excluding hydrogens is 459 g/mol. The van der Waals surface area contributed by atoms with E-state index >= 15 is 0 Å². The van der Waals surface area contributed by atoms with E-state index in [1.54, 1.807) is 30.3 Å². The van der Waals surface area contributed by atoms with Crippen LogP contribution < -0.4 is 10.1 Å². The Morgan fingerprint density at radius 2 is 1.84 bits per heavy atom. The van der Waals surface area contributed by atoms with Gasteiger partial charge in [0.15, 0.2) is 0 Å². The van der Waals surface area contributed by atoms with Gasteiger partial charge in [0.25, 0.3) is 0 Å². The Kier molecular flexibility index (Phi) is 8.22. The number of rotatable bonds is 8. The Balaban J connectivity index is 1.42. The Labute approximate surface area is 193 Å². The maximum absolute atomic E-state index is 12.7. The molecule has 9 heteroatoms. The second kappa shape index (κ2) is 10.7. The smallest absolute Gasteiger partial charge is 0.223 e. The number of hydrogen-bond donors (Lipinski definition) is 1. The van der Waals surface area contributed by atoms with Crippen LogP contribution in [0.25, 0.3) is 0 Å². The molecule has 31 heavy (non-hydrogen) atoms. The monoisotopic (exact) mass is 484 g/mol. The van der Waals surface area contributed by atoms with Crippen molar-refractivity contribution in [1.29, 1.82) is 0 Å². The summed E-state index contributed by atoms with van der Waals surface area (Å²) in [7, 11) is -3.48. The van der Waals surface area contributed by atoms with Gasteiger partial charge in [-0.2, -0.15) is 0 Å². The van der Waals surface area contributed by atoms with Crippen LogP contribution in [0.2, 0.25) is 10.0 Å². The lowest BCUT2D eigenvalue weighted by Gasteiger charge is -2.30. The molecule has 0 spiro atoms. The molecule has 0 bridgehead atoms. The highest BCUT2D eigenvalue weighted by Gasteiger charge is 2.31. The molecule has 6 nitrogen and oxygen atoms in total. The van der Waals surface area contributed by atoms with Crippen LogP contribution in [0.3, 0.4) is 0 Å². The van der Waals surface area contributed by atoms with Gasteiger partial charge in [0, 0.05) is 29.1 Å². The van der Waals surface area contributed by atoms with Crippen molar-refractivity contribution in [1.82, 2.24) is 9.62 Å². The number of aryl methyl sites for hydroxylation is 1. The van der Waals surface area contributed by atoms with Gasteiger partial charge >= 0.3 is 0 Å². The van der Waals surface area contributed by atoms with E-state index in [0.717, 1.165) is 5.56 Å². The first-order chi connectivity index (χ1) is 14.8. The molecule has 3 rings (SSSR count). The molecule has 0 aromatic heterocycles. The summed E-state index contributed by atoms with van der Waals surface area (Å²) in [4.78, 5) is 12.4. The number of ether oxygens (including phenoxy) is 1. The summed E-state index contributed by atoms with van der Waals surface area (Å²) in [6, 6.07) is 12.4. The minimum absolute atomic E-state index is 0.0753. The first kappa shape index (κ1) is 23.9. The molecule has 1 fully saturated rings. The number of nitrogens with zero attached hydrogens (tertiary/aromatic N) is 1. The zero-order chi connectivity index (χ0) is 22.4. The number of carbonyl (C=O) groups is 1. The third kappa shape index (κ3) is 6.59. The van der Waals surface area contributed by atoms with Gasteiger partial charge in [0.05, 0.1) is 12.3 Å². The molecule has 0 radical (unpaired) electrons. The van der Waals surface area contributed by atoms with E-state index in [2.05, 4.69) is 5.32 Å². The fourth-order valence-corrected chi connectivity index (χ4v) is 5.50. The van der Waals surface area contributed by atoms with Gasteiger partial charge in [0.2, 0.25) is 15.9 Å². The van der Waals surface area contributed by atoms with Crippen LogP contribution in [0.5, 0.6) is 5.75 Å². The van der Waals surface area contributed by atoms with Crippen molar-refractivity contribution in [3.63, 3.8) is 0 Å². The fraction of sp³-hybridized carbons (Fsp3) is 0.409. The number of hydrogen-bond acceptors (Lipinski definition) is 4. The molecule has 0 aliphatic carbocycles. The largest absolute Gasteiger partial charge is 0.492 e. The standard InChI is InChI=1S/C22H26Cl2N2O4S/c1-16-6-7-19(14-21(16)24)30-13-10-25-22(27)17-8-11-26(12-9-17)31(28,29)15-18-4-2-3-5-20(18)23/h2-7,14,17H,8-13,15H2,1H3,(H,25,27). The summed E-state index contributed by atoms with van der Waals surface area (Å²) in [5.74, 6) is 0.236. The molecule has 0 atom stereocenters. The fourth-order valence-electron chi connectivity index (χ4n) is 3.45. The van der Waals surface area contributed by atoms with Gasteiger partial charge in [-0.1, -0.05) is 47.5 Å². The van der Waals surface area contributed by atoms with Crippen LogP contribution in [0, 0.1) is 12.8 Å². The van der Waals surface area contributed by atoms with Crippen LogP contribution >= 0.6 is 23.2 Å². The molecule has 1 saturated heterocycles. The summed E-state index contributed by atoms with van der Waals surface area (Å²) >= 11 is 12.2. The maximum atomic E-state index is 12.7. The highest BCUT2D eigenvalue weighted by Crippen LogP contribution is 2.24. The number of nitrogens with one attached hydrogen (secondary N) is 1. The number of amides is 1. The molecule has 1 N–H and O–H groups in total. The zero-order valence-electron chi connectivity index (χ0n) is 17.3. The lowest BCUT2D eigenvalue weighted by Crippen LogP contribution is -2.43. The van der Waals surface area contributed by atoms with Crippen molar-refractivity contribution >= 4 is 39.1 Å². The van der Waals surface area contributed by atoms with Crippen molar-refractivity contribution in [3.8, 4) is 5.75 Å². The highest BCUT2D eigenvalue weighted by molar-refractivity contribution is 7.88. The van der Waals surface area contributed by atoms with Crippen LogP contribution in [0.15, 0.2) is 42.5 Å². The minimum atomic E-state index is -3.48. The summed E-state index contributed by atoms with van der Waals surface area (Å²) in [6.45, 7) is 3.26. The molecule has 1 heterocycles. The average molecular weight is 485 g/mol. The maximum Gasteiger partial charge on any atom is 0.223 e. The molecule has 2 aromatic rings. The van der Waals surface area contributed by atoms with Crippen LogP contribution in [-0.2, 0) is 20.6 Å². The molecule has 0 saturated carbocycles. The minimum Gasteiger partial charge on any atom is -0.492 e. The highest BCUT2D eigenvalue weighted by atomic mass is 35.5. The van der Waals surface area contributed by atoms with E-state index in [9.17, 15) is 13.2 Å². The predicted octanol–water partition coefficient (Wildman–Crippen LogP) is 4.04. The third-order valence-electron chi connectivity index (χ3n) is 5.33. The second-order valence-corrected chi connectivity index (χ2v) is 10.4. The normalized spacial score (nSPS) is 15.6. The first-order valence-corrected chi connectivity index (χ1v) is 12.5. The molecule has 1 aliphatic heterocycles. The number of benzene rings is 2. The van der Waals surface area contributed by atoms with Gasteiger partial charge in [0.1, 0.15) is 12.4 Å². The van der Waals surface area contributed by atoms with E-state index < -0.39 is 10.0 Å². The second-order valence-electron chi connectivity index (χ2n) is 7.57.